The van der Waals surface area contributed by atoms with Crippen LogP contribution in [-0.4, -0.2) is 50.5 Å². The Bertz CT molecular complexity index is 1260. The summed E-state index contributed by atoms with van der Waals surface area (Å²) in [4.78, 5) is 27.4. The summed E-state index contributed by atoms with van der Waals surface area (Å²) < 4.78 is 65.9. The van der Waals surface area contributed by atoms with Crippen LogP contribution in [0.1, 0.15) is 31.4 Å². The summed E-state index contributed by atoms with van der Waals surface area (Å²) >= 11 is 17.7. The lowest BCUT2D eigenvalue weighted by atomic mass is 10.1. The van der Waals surface area contributed by atoms with Crippen molar-refractivity contribution in [3.8, 4) is 0 Å². The molecule has 0 heterocycles. The van der Waals surface area contributed by atoms with E-state index in [-0.39, 0.29) is 29.6 Å². The Morgan fingerprint density at radius 1 is 1.00 bits per heavy atom. The normalized spacial score (nSPS) is 12.7. The molecule has 2 rings (SSSR count). The van der Waals surface area contributed by atoms with Crippen molar-refractivity contribution >= 4 is 62.3 Å². The van der Waals surface area contributed by atoms with Gasteiger partial charge in [0.2, 0.25) is 21.8 Å². The number of likely N-dealkylation sites (N-methyl/N-ethyl adjacent to an activating group) is 1. The molecule has 37 heavy (non-hydrogen) atoms. The molecule has 0 radical (unpaired) electrons. The largest absolute Gasteiger partial charge is 0.417 e. The average molecular weight is 603 g/mol. The molecule has 0 spiro atoms. The van der Waals surface area contributed by atoms with Gasteiger partial charge in [-0.3, -0.25) is 13.9 Å². The minimum atomic E-state index is -4.86. The number of carbonyl (C=O) groups is 2. The van der Waals surface area contributed by atoms with Gasteiger partial charge in [0, 0.05) is 13.1 Å². The van der Waals surface area contributed by atoms with E-state index in [2.05, 4.69) is 5.32 Å². The standard InChI is InChI=1S/C23H25Cl3F3N3O4S/c1-4-20(22(34)30-5-2)31(12-14-6-8-18(25)19(26)10-14)21(33)13-32(37(3,35)36)15-7-9-17(24)16(11-15)23(27,28)29/h6-11,20H,4-5,12-13H2,1-3H3,(H,30,34). The minimum Gasteiger partial charge on any atom is -0.355 e. The quantitative estimate of drug-likeness (QED) is 0.396. The number of rotatable bonds is 10. The van der Waals surface area contributed by atoms with Crippen molar-refractivity contribution < 1.29 is 31.2 Å². The summed E-state index contributed by atoms with van der Waals surface area (Å²) in [5, 5.41) is 2.48. The third kappa shape index (κ3) is 8.13. The minimum absolute atomic E-state index is 0.141. The molecule has 1 N–H and O–H groups in total. The molecular weight excluding hydrogens is 578 g/mol. The van der Waals surface area contributed by atoms with Crippen LogP contribution in [0.5, 0.6) is 0 Å². The Labute approximate surface area is 228 Å². The highest BCUT2D eigenvalue weighted by Gasteiger charge is 2.36. The fraction of sp³-hybridized carbons (Fsp3) is 0.391. The SMILES string of the molecule is CCNC(=O)C(CC)N(Cc1ccc(Cl)c(Cl)c1)C(=O)CN(c1ccc(Cl)c(C(F)(F)F)c1)S(C)(=O)=O. The Balaban J connectivity index is 2.54. The summed E-state index contributed by atoms with van der Waals surface area (Å²) in [7, 11) is -4.23. The van der Waals surface area contributed by atoms with E-state index in [0.717, 1.165) is 23.3 Å². The van der Waals surface area contributed by atoms with E-state index in [1.54, 1.807) is 19.9 Å². The number of alkyl halides is 3. The third-order valence-electron chi connectivity index (χ3n) is 5.30. The summed E-state index contributed by atoms with van der Waals surface area (Å²) in [6, 6.07) is 6.11. The predicted molar refractivity (Wildman–Crippen MR) is 138 cm³/mol. The topological polar surface area (TPSA) is 86.8 Å². The van der Waals surface area contributed by atoms with E-state index < -0.39 is 56.9 Å². The molecule has 0 aliphatic carbocycles. The summed E-state index contributed by atoms with van der Waals surface area (Å²) in [5.74, 6) is -1.30. The maximum Gasteiger partial charge on any atom is 0.417 e. The lowest BCUT2D eigenvalue weighted by Gasteiger charge is -2.33. The van der Waals surface area contributed by atoms with Gasteiger partial charge in [-0.05, 0) is 49.2 Å². The van der Waals surface area contributed by atoms with Crippen molar-refractivity contribution in [1.82, 2.24) is 10.2 Å². The van der Waals surface area contributed by atoms with Gasteiger partial charge in [0.25, 0.3) is 0 Å². The van der Waals surface area contributed by atoms with E-state index >= 15 is 0 Å². The van der Waals surface area contributed by atoms with Crippen LogP contribution in [0, 0.1) is 0 Å². The Morgan fingerprint density at radius 2 is 1.62 bits per heavy atom. The number of hydrogen-bond acceptors (Lipinski definition) is 4. The first-order valence-corrected chi connectivity index (χ1v) is 13.9. The van der Waals surface area contributed by atoms with Crippen molar-refractivity contribution in [2.45, 2.75) is 39.0 Å². The zero-order valence-corrected chi connectivity index (χ0v) is 23.2. The molecule has 204 valence electrons. The highest BCUT2D eigenvalue weighted by atomic mass is 35.5. The molecule has 2 aromatic rings. The van der Waals surface area contributed by atoms with Crippen LogP contribution in [0.15, 0.2) is 36.4 Å². The molecule has 0 bridgehead atoms. The summed E-state index contributed by atoms with van der Waals surface area (Å²) in [6.45, 7) is 2.63. The molecule has 2 amide bonds. The molecule has 7 nitrogen and oxygen atoms in total. The van der Waals surface area contributed by atoms with Crippen molar-refractivity contribution in [1.29, 1.82) is 0 Å². The molecule has 2 aromatic carbocycles. The number of hydrogen-bond donors (Lipinski definition) is 1. The van der Waals surface area contributed by atoms with Gasteiger partial charge < -0.3 is 10.2 Å². The lowest BCUT2D eigenvalue weighted by molar-refractivity contribution is -0.140. The predicted octanol–water partition coefficient (Wildman–Crippen LogP) is 5.38. The van der Waals surface area contributed by atoms with E-state index in [1.165, 1.54) is 12.1 Å². The summed E-state index contributed by atoms with van der Waals surface area (Å²) in [5.41, 5.74) is -1.16. The van der Waals surface area contributed by atoms with Crippen LogP contribution < -0.4 is 9.62 Å². The van der Waals surface area contributed by atoms with Crippen LogP contribution in [0.25, 0.3) is 0 Å². The van der Waals surface area contributed by atoms with Crippen molar-refractivity contribution in [3.63, 3.8) is 0 Å². The van der Waals surface area contributed by atoms with E-state index in [1.807, 2.05) is 0 Å². The first kappa shape index (κ1) is 31.0. The molecule has 0 aliphatic rings. The van der Waals surface area contributed by atoms with E-state index in [9.17, 15) is 31.2 Å². The number of amides is 2. The molecule has 0 aromatic heterocycles. The average Bonchev–Trinajstić information content (AvgIpc) is 2.78. The number of nitrogens with one attached hydrogen (secondary N) is 1. The highest BCUT2D eigenvalue weighted by molar-refractivity contribution is 7.92. The highest BCUT2D eigenvalue weighted by Crippen LogP contribution is 2.37. The van der Waals surface area contributed by atoms with E-state index in [4.69, 9.17) is 34.8 Å². The van der Waals surface area contributed by atoms with Crippen molar-refractivity contribution in [2.24, 2.45) is 0 Å². The van der Waals surface area contributed by atoms with Crippen molar-refractivity contribution in [2.75, 3.05) is 23.7 Å². The number of sulfonamides is 1. The second-order valence-corrected chi connectivity index (χ2v) is 11.1. The third-order valence-corrected chi connectivity index (χ3v) is 7.51. The van der Waals surface area contributed by atoms with E-state index in [0.29, 0.717) is 15.9 Å². The number of benzene rings is 2. The van der Waals surface area contributed by atoms with Crippen molar-refractivity contribution in [3.05, 3.63) is 62.6 Å². The van der Waals surface area contributed by atoms with Gasteiger partial charge in [0.05, 0.1) is 32.6 Å². The molecule has 0 saturated heterocycles. The zero-order valence-electron chi connectivity index (χ0n) is 20.1. The number of nitrogens with zero attached hydrogens (tertiary/aromatic N) is 2. The fourth-order valence-electron chi connectivity index (χ4n) is 3.55. The Morgan fingerprint density at radius 3 is 2.14 bits per heavy atom. The Hall–Kier alpha value is -2.21. The van der Waals surface area contributed by atoms with Crippen LogP contribution >= 0.6 is 34.8 Å². The van der Waals surface area contributed by atoms with Gasteiger partial charge >= 0.3 is 6.18 Å². The molecule has 14 heteroatoms. The Kier molecular flexibility index (Phi) is 10.5. The monoisotopic (exact) mass is 601 g/mol. The van der Waals surface area contributed by atoms with Gasteiger partial charge in [-0.1, -0.05) is 47.8 Å². The first-order valence-electron chi connectivity index (χ1n) is 11.0. The maximum atomic E-state index is 13.5. The molecule has 0 aliphatic heterocycles. The van der Waals surface area contributed by atoms with Gasteiger partial charge in [0.15, 0.2) is 0 Å². The number of carbonyl (C=O) groups excluding carboxylic acids is 2. The molecule has 0 saturated carbocycles. The van der Waals surface area contributed by atoms with Gasteiger partial charge in [-0.25, -0.2) is 8.42 Å². The number of halogens is 6. The summed E-state index contributed by atoms with van der Waals surface area (Å²) in [6.07, 6.45) is -3.92. The van der Waals surface area contributed by atoms with Gasteiger partial charge in [-0.2, -0.15) is 13.2 Å². The molecular formula is C23H25Cl3F3N3O4S. The van der Waals surface area contributed by atoms with Gasteiger partial charge in [0.1, 0.15) is 12.6 Å². The maximum absolute atomic E-state index is 13.5. The number of anilines is 1. The fourth-order valence-corrected chi connectivity index (χ4v) is 4.93. The van der Waals surface area contributed by atoms with Crippen LogP contribution in [0.3, 0.4) is 0 Å². The zero-order chi connectivity index (χ0) is 28.1. The molecule has 1 atom stereocenters. The van der Waals surface area contributed by atoms with Crippen LogP contribution in [-0.2, 0) is 32.3 Å². The first-order chi connectivity index (χ1) is 17.1. The van der Waals surface area contributed by atoms with Crippen LogP contribution in [0.2, 0.25) is 15.1 Å². The smallest absolute Gasteiger partial charge is 0.355 e. The van der Waals surface area contributed by atoms with Crippen LogP contribution in [0.4, 0.5) is 18.9 Å². The van der Waals surface area contributed by atoms with Gasteiger partial charge in [-0.15, -0.1) is 0 Å². The second kappa shape index (κ2) is 12.6. The molecule has 0 fully saturated rings. The second-order valence-electron chi connectivity index (χ2n) is 8.02. The lowest BCUT2D eigenvalue weighted by Crippen LogP contribution is -2.52. The molecule has 1 unspecified atom stereocenters.